The number of esters is 1. The Labute approximate surface area is 165 Å². The zero-order valence-corrected chi connectivity index (χ0v) is 16.4. The lowest BCUT2D eigenvalue weighted by molar-refractivity contribution is 0.0600. The van der Waals surface area contributed by atoms with Crippen LogP contribution in [0.1, 0.15) is 41.8 Å². The molecule has 0 unspecified atom stereocenters. The molecule has 4 atom stereocenters. The van der Waals surface area contributed by atoms with Gasteiger partial charge in [0.05, 0.1) is 12.7 Å². The molecule has 2 aliphatic carbocycles. The Morgan fingerprint density at radius 1 is 0.964 bits per heavy atom. The minimum absolute atomic E-state index is 0.200. The van der Waals surface area contributed by atoms with Gasteiger partial charge in [0.15, 0.2) is 0 Å². The van der Waals surface area contributed by atoms with E-state index in [0.29, 0.717) is 17.4 Å². The third kappa shape index (κ3) is 1.79. The van der Waals surface area contributed by atoms with Crippen LogP contribution in [0.3, 0.4) is 0 Å². The van der Waals surface area contributed by atoms with E-state index in [1.54, 1.807) is 0 Å². The molecule has 3 aliphatic rings. The normalized spacial score (nSPS) is 33.8. The van der Waals surface area contributed by atoms with Gasteiger partial charge >= 0.3 is 5.97 Å². The number of allylic oxidation sites excluding steroid dienone is 1. The van der Waals surface area contributed by atoms with E-state index in [1.165, 1.54) is 12.7 Å². The average Bonchev–Trinajstić information content (AvgIpc) is 3.35. The molecule has 2 bridgehead atoms. The van der Waals surface area contributed by atoms with Crippen molar-refractivity contribution in [2.24, 2.45) is 27.5 Å². The van der Waals surface area contributed by atoms with Gasteiger partial charge in [-0.05, 0) is 29.7 Å². The lowest BCUT2D eigenvalue weighted by atomic mass is 9.61. The topological polar surface area (TPSA) is 51.0 Å². The van der Waals surface area contributed by atoms with Gasteiger partial charge in [0.25, 0.3) is 0 Å². The molecule has 2 aromatic carbocycles. The molecule has 4 heteroatoms. The van der Waals surface area contributed by atoms with E-state index in [4.69, 9.17) is 15.0 Å². The predicted molar refractivity (Wildman–Crippen MR) is 107 cm³/mol. The monoisotopic (exact) mass is 372 g/mol. The van der Waals surface area contributed by atoms with Crippen LogP contribution < -0.4 is 0 Å². The van der Waals surface area contributed by atoms with Crippen LogP contribution in [-0.2, 0) is 15.8 Å². The van der Waals surface area contributed by atoms with Crippen molar-refractivity contribution in [2.45, 2.75) is 31.3 Å². The fourth-order valence-electron chi connectivity index (χ4n) is 6.15. The highest BCUT2D eigenvalue weighted by Gasteiger charge is 2.77. The summed E-state index contributed by atoms with van der Waals surface area (Å²) < 4.78 is 4.85. The summed E-state index contributed by atoms with van der Waals surface area (Å²) in [5.41, 5.74) is 1.94. The minimum Gasteiger partial charge on any atom is -0.465 e. The fourth-order valence-corrected chi connectivity index (χ4v) is 6.15. The summed E-state index contributed by atoms with van der Waals surface area (Å²) in [6.07, 6.45) is 5.64. The number of azo groups is 1. The van der Waals surface area contributed by atoms with Crippen molar-refractivity contribution >= 4 is 5.97 Å². The van der Waals surface area contributed by atoms with E-state index < -0.39 is 5.54 Å². The number of hydrogen-bond acceptors (Lipinski definition) is 4. The summed E-state index contributed by atoms with van der Waals surface area (Å²) in [6.45, 7) is 4.61. The van der Waals surface area contributed by atoms with Gasteiger partial charge in [-0.3, -0.25) is 0 Å². The molecule has 5 rings (SSSR count). The summed E-state index contributed by atoms with van der Waals surface area (Å²) in [7, 11) is 1.41. The van der Waals surface area contributed by atoms with E-state index in [2.05, 4.69) is 56.3 Å². The number of hydrogen-bond donors (Lipinski definition) is 0. The lowest BCUT2D eigenvalue weighted by Gasteiger charge is -2.41. The van der Waals surface area contributed by atoms with Crippen LogP contribution >= 0.6 is 0 Å². The Kier molecular flexibility index (Phi) is 3.49. The van der Waals surface area contributed by atoms with Gasteiger partial charge in [-0.25, -0.2) is 4.79 Å². The van der Waals surface area contributed by atoms with Crippen molar-refractivity contribution in [3.63, 3.8) is 0 Å². The summed E-state index contributed by atoms with van der Waals surface area (Å²) in [4.78, 5) is 11.9. The summed E-state index contributed by atoms with van der Waals surface area (Å²) in [5.74, 6) is 0.368. The van der Waals surface area contributed by atoms with Crippen LogP contribution in [0.2, 0.25) is 0 Å². The van der Waals surface area contributed by atoms with E-state index in [0.717, 1.165) is 12.0 Å². The molecule has 0 spiro atoms. The van der Waals surface area contributed by atoms with Gasteiger partial charge in [0.2, 0.25) is 0 Å². The molecule has 2 aromatic rings. The Hall–Kier alpha value is -2.75. The van der Waals surface area contributed by atoms with Gasteiger partial charge in [0, 0.05) is 17.3 Å². The zero-order valence-electron chi connectivity index (χ0n) is 16.4. The second-order valence-corrected chi connectivity index (χ2v) is 8.59. The largest absolute Gasteiger partial charge is 0.465 e. The Morgan fingerprint density at radius 2 is 1.61 bits per heavy atom. The molecule has 142 valence electrons. The van der Waals surface area contributed by atoms with Gasteiger partial charge in [-0.15, -0.1) is 0 Å². The number of carbonyl (C=O) groups is 1. The summed E-state index contributed by atoms with van der Waals surface area (Å²) >= 11 is 0. The second-order valence-electron chi connectivity index (χ2n) is 8.59. The third-order valence-electron chi connectivity index (χ3n) is 7.42. The van der Waals surface area contributed by atoms with Crippen LogP contribution in [-0.4, -0.2) is 13.1 Å². The molecular formula is C24H24N2O2. The number of benzene rings is 2. The van der Waals surface area contributed by atoms with Crippen molar-refractivity contribution in [2.75, 3.05) is 7.11 Å². The predicted octanol–water partition coefficient (Wildman–Crippen LogP) is 5.26. The Bertz CT molecular complexity index is 993. The first-order chi connectivity index (χ1) is 13.5. The van der Waals surface area contributed by atoms with Crippen LogP contribution in [0.25, 0.3) is 0 Å². The standard InChI is InChI=1S/C24H24N2O2/c1-22(2)23(17-8-5-4-6-9-17)19-10-7-11-20(19)24(22,26-25-23)18-14-12-16(13-15-18)21(27)28-3/h4-9,11-15,19-20H,10H2,1-3H3/t19-,20+,23-,24+/m0/s1. The Balaban J connectivity index is 1.69. The van der Waals surface area contributed by atoms with Crippen molar-refractivity contribution < 1.29 is 9.53 Å². The summed E-state index contributed by atoms with van der Waals surface area (Å²) in [5, 5.41) is 10.0. The zero-order chi connectivity index (χ0) is 19.6. The first kappa shape index (κ1) is 17.4. The smallest absolute Gasteiger partial charge is 0.337 e. The second kappa shape index (κ2) is 5.63. The molecule has 1 fully saturated rings. The first-order valence-electron chi connectivity index (χ1n) is 9.84. The molecule has 0 aromatic heterocycles. The molecule has 0 saturated heterocycles. The number of nitrogens with zero attached hydrogens (tertiary/aromatic N) is 2. The van der Waals surface area contributed by atoms with Crippen molar-refractivity contribution in [3.8, 4) is 0 Å². The summed E-state index contributed by atoms with van der Waals surface area (Å²) in [6, 6.07) is 18.4. The molecule has 0 N–H and O–H groups in total. The van der Waals surface area contributed by atoms with Gasteiger partial charge < -0.3 is 4.74 Å². The maximum Gasteiger partial charge on any atom is 0.337 e. The molecule has 0 amide bonds. The van der Waals surface area contributed by atoms with Gasteiger partial charge in [-0.1, -0.05) is 68.5 Å². The molecular weight excluding hydrogens is 348 g/mol. The molecule has 0 radical (unpaired) electrons. The SMILES string of the molecule is COC(=O)c1ccc([C@@]23N=N[C@@](c4ccccc4)([C@H]4CC=C[C@H]42)C3(C)C)cc1. The highest BCUT2D eigenvalue weighted by Crippen LogP contribution is 2.76. The average molecular weight is 372 g/mol. The van der Waals surface area contributed by atoms with E-state index >= 15 is 0 Å². The van der Waals surface area contributed by atoms with E-state index in [1.807, 2.05) is 24.3 Å². The first-order valence-corrected chi connectivity index (χ1v) is 9.84. The van der Waals surface area contributed by atoms with Crippen LogP contribution in [0, 0.1) is 17.3 Å². The third-order valence-corrected chi connectivity index (χ3v) is 7.42. The molecule has 1 aliphatic heterocycles. The lowest BCUT2D eigenvalue weighted by Crippen LogP contribution is -2.44. The number of carbonyl (C=O) groups excluding carboxylic acids is 1. The number of ether oxygens (including phenoxy) is 1. The number of rotatable bonds is 3. The fraction of sp³-hybridized carbons (Fsp3) is 0.375. The van der Waals surface area contributed by atoms with Crippen LogP contribution in [0.15, 0.2) is 77.0 Å². The number of fused-ring (bicyclic) bond motifs is 5. The van der Waals surface area contributed by atoms with E-state index in [9.17, 15) is 4.79 Å². The number of methoxy groups -OCH3 is 1. The van der Waals surface area contributed by atoms with Gasteiger partial charge in [0.1, 0.15) is 11.1 Å². The maximum absolute atomic E-state index is 11.9. The molecule has 1 saturated carbocycles. The van der Waals surface area contributed by atoms with E-state index in [-0.39, 0.29) is 16.9 Å². The Morgan fingerprint density at radius 3 is 2.29 bits per heavy atom. The molecule has 1 heterocycles. The highest BCUT2D eigenvalue weighted by atomic mass is 16.5. The quantitative estimate of drug-likeness (QED) is 0.545. The van der Waals surface area contributed by atoms with Crippen LogP contribution in [0.5, 0.6) is 0 Å². The van der Waals surface area contributed by atoms with Crippen molar-refractivity contribution in [1.29, 1.82) is 0 Å². The maximum atomic E-state index is 11.9. The molecule has 28 heavy (non-hydrogen) atoms. The highest BCUT2D eigenvalue weighted by molar-refractivity contribution is 5.89. The van der Waals surface area contributed by atoms with Gasteiger partial charge in [-0.2, -0.15) is 10.2 Å². The minimum atomic E-state index is -0.435. The molecule has 4 nitrogen and oxygen atoms in total. The van der Waals surface area contributed by atoms with Crippen molar-refractivity contribution in [1.82, 2.24) is 0 Å². The van der Waals surface area contributed by atoms with Crippen molar-refractivity contribution in [3.05, 3.63) is 83.4 Å². The van der Waals surface area contributed by atoms with Crippen LogP contribution in [0.4, 0.5) is 0 Å².